The van der Waals surface area contributed by atoms with Crippen LogP contribution in [0.15, 0.2) is 16.0 Å². The van der Waals surface area contributed by atoms with Gasteiger partial charge in [0.1, 0.15) is 5.82 Å². The van der Waals surface area contributed by atoms with Crippen LogP contribution in [0.2, 0.25) is 0 Å². The molecule has 0 bridgehead atoms. The van der Waals surface area contributed by atoms with Gasteiger partial charge in [-0.25, -0.2) is 4.98 Å². The molecule has 0 aliphatic heterocycles. The predicted octanol–water partition coefficient (Wildman–Crippen LogP) is 0.831. The van der Waals surface area contributed by atoms with Gasteiger partial charge in [0, 0.05) is 6.07 Å². The second-order valence-electron chi connectivity index (χ2n) is 2.50. The van der Waals surface area contributed by atoms with E-state index in [1.807, 2.05) is 0 Å². The number of thioether (sulfide) groups is 1. The highest BCUT2D eigenvalue weighted by molar-refractivity contribution is 8.00. The Kier molecular flexibility index (Phi) is 3.09. The second kappa shape index (κ2) is 3.95. The van der Waals surface area contributed by atoms with Crippen molar-refractivity contribution in [3.8, 4) is 0 Å². The third-order valence-corrected chi connectivity index (χ3v) is 2.16. The molecule has 0 saturated carbocycles. The Bertz CT molecular complexity index is 379. The average Bonchev–Trinajstić information content (AvgIpc) is 1.97. The fourth-order valence-electron chi connectivity index (χ4n) is 0.695. The third-order valence-electron chi connectivity index (χ3n) is 1.15. The molecule has 1 rings (SSSR count). The van der Waals surface area contributed by atoms with Crippen LogP contribution in [-0.2, 0) is 0 Å². The summed E-state index contributed by atoms with van der Waals surface area (Å²) < 4.78 is 35.5. The van der Waals surface area contributed by atoms with E-state index in [-0.39, 0.29) is 11.0 Å². The van der Waals surface area contributed by atoms with Crippen molar-refractivity contribution in [3.05, 3.63) is 16.4 Å². The molecule has 1 aromatic rings. The Morgan fingerprint density at radius 1 is 1.57 bits per heavy atom. The van der Waals surface area contributed by atoms with Gasteiger partial charge in [0.05, 0.1) is 0 Å². The quantitative estimate of drug-likeness (QED) is 0.453. The van der Waals surface area contributed by atoms with Crippen molar-refractivity contribution in [3.63, 3.8) is 0 Å². The molecule has 0 spiro atoms. The number of anilines is 1. The number of aromatic nitrogens is 2. The van der Waals surface area contributed by atoms with Crippen LogP contribution < -0.4 is 11.3 Å². The van der Waals surface area contributed by atoms with E-state index < -0.39 is 18.2 Å². The minimum absolute atomic E-state index is 0.0917. The van der Waals surface area contributed by atoms with E-state index in [1.165, 1.54) is 0 Å². The smallest absolute Gasteiger partial charge is 0.448 e. The summed E-state index contributed by atoms with van der Waals surface area (Å²) in [6, 6.07) is 1.00. The summed E-state index contributed by atoms with van der Waals surface area (Å²) in [6.07, 6.45) is 0. The number of hydrogen-bond acceptors (Lipinski definition) is 4. The Balaban J connectivity index is 2.73. The minimum Gasteiger partial charge on any atom is -0.448 e. The van der Waals surface area contributed by atoms with Gasteiger partial charge in [-0.3, -0.25) is 4.79 Å². The van der Waals surface area contributed by atoms with Gasteiger partial charge in [-0.05, 0) is 5.65 Å². The van der Waals surface area contributed by atoms with Gasteiger partial charge in [0.15, 0.2) is 5.16 Å². The summed E-state index contributed by atoms with van der Waals surface area (Å²) in [5, 5.41) is -0.116. The average molecular weight is 224 g/mol. The molecule has 3 N–H and O–H groups in total. The van der Waals surface area contributed by atoms with Crippen LogP contribution in [0, 0.1) is 0 Å². The van der Waals surface area contributed by atoms with Gasteiger partial charge in [-0.2, -0.15) is 0 Å². The molecule has 0 unspecified atom stereocenters. The van der Waals surface area contributed by atoms with Crippen molar-refractivity contribution in [1.82, 2.24) is 9.97 Å². The summed E-state index contributed by atoms with van der Waals surface area (Å²) in [4.78, 5) is 16.4. The maximum Gasteiger partial charge on any atom is 0.488 e. The molecule has 14 heavy (non-hydrogen) atoms. The molecule has 0 saturated heterocycles. The lowest BCUT2D eigenvalue weighted by Gasteiger charge is -2.11. The topological polar surface area (TPSA) is 71.8 Å². The maximum absolute atomic E-state index is 11.8. The van der Waals surface area contributed by atoms with E-state index >= 15 is 0 Å². The van der Waals surface area contributed by atoms with E-state index in [9.17, 15) is 17.7 Å². The van der Waals surface area contributed by atoms with Crippen LogP contribution >= 0.6 is 11.8 Å². The van der Waals surface area contributed by atoms with E-state index in [1.54, 1.807) is 0 Å². The molecule has 0 aliphatic carbocycles. The van der Waals surface area contributed by atoms with Crippen molar-refractivity contribution >= 4 is 24.6 Å². The number of nitrogen functional groups attached to an aromatic ring is 1. The van der Waals surface area contributed by atoms with Crippen LogP contribution in [0.25, 0.3) is 0 Å². The SMILES string of the molecule is Nc1cc(=O)[nH]c(SC[B-](F)(F)F)n1. The van der Waals surface area contributed by atoms with Crippen molar-refractivity contribution in [2.75, 3.05) is 11.4 Å². The molecule has 78 valence electrons. The molecular formula is C5H6BF3N3OS-. The van der Waals surface area contributed by atoms with Gasteiger partial charge in [-0.15, -0.1) is 11.8 Å². The molecule has 4 nitrogen and oxygen atoms in total. The van der Waals surface area contributed by atoms with Crippen molar-refractivity contribution in [1.29, 1.82) is 0 Å². The lowest BCUT2D eigenvalue weighted by molar-refractivity contribution is 0.485. The zero-order chi connectivity index (χ0) is 10.8. The molecule has 0 aromatic carbocycles. The molecule has 1 heterocycles. The summed E-state index contributed by atoms with van der Waals surface area (Å²) in [5.41, 5.74) is 3.57. The molecular weight excluding hydrogens is 218 g/mol. The molecule has 0 amide bonds. The van der Waals surface area contributed by atoms with Gasteiger partial charge in [-0.1, -0.05) is 0 Å². The number of hydrogen-bond donors (Lipinski definition) is 2. The van der Waals surface area contributed by atoms with E-state index in [0.29, 0.717) is 11.8 Å². The van der Waals surface area contributed by atoms with Crippen molar-refractivity contribution in [2.45, 2.75) is 5.16 Å². The number of H-pyrrole nitrogens is 1. The third kappa shape index (κ3) is 3.73. The fraction of sp³-hybridized carbons (Fsp3) is 0.200. The van der Waals surface area contributed by atoms with Crippen molar-refractivity contribution in [2.24, 2.45) is 0 Å². The zero-order valence-corrected chi connectivity index (χ0v) is 7.65. The van der Waals surface area contributed by atoms with Crippen LogP contribution in [-0.4, -0.2) is 22.6 Å². The Hall–Kier alpha value is -1.12. The Morgan fingerprint density at radius 3 is 2.71 bits per heavy atom. The minimum atomic E-state index is -4.89. The second-order valence-corrected chi connectivity index (χ2v) is 3.51. The van der Waals surface area contributed by atoms with Gasteiger partial charge >= 0.3 is 6.98 Å². The molecule has 0 fully saturated rings. The number of nitrogens with two attached hydrogens (primary N) is 1. The zero-order valence-electron chi connectivity index (χ0n) is 6.84. The fourth-order valence-corrected chi connectivity index (χ4v) is 1.38. The molecule has 9 heteroatoms. The highest BCUT2D eigenvalue weighted by Crippen LogP contribution is 2.20. The number of nitrogens with zero attached hydrogens (tertiary/aromatic N) is 1. The first-order valence-corrected chi connectivity index (χ1v) is 4.56. The van der Waals surface area contributed by atoms with Gasteiger partial charge in [0.25, 0.3) is 5.56 Å². The normalized spacial score (nSPS) is 11.6. The molecule has 0 radical (unpaired) electrons. The van der Waals surface area contributed by atoms with Crippen molar-refractivity contribution < 1.29 is 12.9 Å². The van der Waals surface area contributed by atoms with Crippen LogP contribution in [0.3, 0.4) is 0 Å². The summed E-state index contributed by atoms with van der Waals surface area (Å²) in [6.45, 7) is -4.89. The Morgan fingerprint density at radius 2 is 2.21 bits per heavy atom. The van der Waals surface area contributed by atoms with E-state index in [4.69, 9.17) is 5.73 Å². The predicted molar refractivity (Wildman–Crippen MR) is 49.1 cm³/mol. The van der Waals surface area contributed by atoms with Gasteiger partial charge in [0.2, 0.25) is 0 Å². The number of aromatic amines is 1. The number of nitrogens with one attached hydrogen (secondary N) is 1. The monoisotopic (exact) mass is 224 g/mol. The number of halogens is 3. The molecule has 0 atom stereocenters. The summed E-state index contributed by atoms with van der Waals surface area (Å²) >= 11 is 0.412. The van der Waals surface area contributed by atoms with Crippen LogP contribution in [0.4, 0.5) is 18.8 Å². The van der Waals surface area contributed by atoms with Gasteiger partial charge < -0.3 is 23.7 Å². The van der Waals surface area contributed by atoms with Crippen LogP contribution in [0.1, 0.15) is 0 Å². The number of rotatable bonds is 3. The first kappa shape index (κ1) is 11.0. The summed E-state index contributed by atoms with van der Waals surface area (Å²) in [5.74, 6) is -0.0917. The molecule has 0 aliphatic rings. The van der Waals surface area contributed by atoms with Crippen LogP contribution in [0.5, 0.6) is 0 Å². The Labute approximate surface area is 81.2 Å². The molecule has 1 aromatic heterocycles. The highest BCUT2D eigenvalue weighted by atomic mass is 32.2. The van der Waals surface area contributed by atoms with E-state index in [2.05, 4.69) is 9.97 Å². The lowest BCUT2D eigenvalue weighted by atomic mass is 9.98. The highest BCUT2D eigenvalue weighted by Gasteiger charge is 2.23. The first-order chi connectivity index (χ1) is 6.37. The first-order valence-electron chi connectivity index (χ1n) is 3.57. The standard InChI is InChI=1S/C5H6BF3N3OS/c7-6(8,9)2-14-5-11-3(10)1-4(13)12-5/h1H,2H2,(H3,10,11,12,13)/q-1. The maximum atomic E-state index is 11.8. The largest absolute Gasteiger partial charge is 0.488 e. The lowest BCUT2D eigenvalue weighted by Crippen LogP contribution is -2.20. The summed E-state index contributed by atoms with van der Waals surface area (Å²) in [7, 11) is 0. The van der Waals surface area contributed by atoms with E-state index in [0.717, 1.165) is 6.07 Å².